The second kappa shape index (κ2) is 4.70. The fourth-order valence-electron chi connectivity index (χ4n) is 1.35. The van der Waals surface area contributed by atoms with Gasteiger partial charge in [-0.3, -0.25) is 4.79 Å². The van der Waals surface area contributed by atoms with Gasteiger partial charge in [-0.05, 0) is 12.1 Å². The zero-order chi connectivity index (χ0) is 13.1. The quantitative estimate of drug-likeness (QED) is 0.665. The van der Waals surface area contributed by atoms with E-state index in [1.54, 1.807) is 6.07 Å². The minimum Gasteiger partial charge on any atom is -0.504 e. The molecule has 1 aliphatic rings. The third-order valence-corrected chi connectivity index (χ3v) is 2.27. The highest BCUT2D eigenvalue weighted by atomic mass is 16.5. The van der Waals surface area contributed by atoms with Crippen molar-refractivity contribution in [2.24, 2.45) is 21.1 Å². The Hall–Kier alpha value is -2.64. The van der Waals surface area contributed by atoms with Crippen LogP contribution in [-0.4, -0.2) is 30.0 Å². The first kappa shape index (κ1) is 11.8. The molecule has 1 amide bonds. The van der Waals surface area contributed by atoms with Crippen molar-refractivity contribution in [2.75, 3.05) is 7.11 Å². The molecule has 1 heterocycles. The van der Waals surface area contributed by atoms with Gasteiger partial charge in [0.05, 0.1) is 12.8 Å². The maximum Gasteiger partial charge on any atom is 0.274 e. The van der Waals surface area contributed by atoms with Crippen LogP contribution < -0.4 is 15.9 Å². The van der Waals surface area contributed by atoms with Crippen molar-refractivity contribution >= 4 is 17.4 Å². The molecule has 0 bridgehead atoms. The lowest BCUT2D eigenvalue weighted by molar-refractivity contribution is -0.120. The van der Waals surface area contributed by atoms with Gasteiger partial charge in [-0.15, -0.1) is 0 Å². The maximum absolute atomic E-state index is 11.2. The summed E-state index contributed by atoms with van der Waals surface area (Å²) in [6.45, 7) is 0. The van der Waals surface area contributed by atoms with E-state index in [9.17, 15) is 9.90 Å². The lowest BCUT2D eigenvalue weighted by Gasteiger charge is -2.03. The van der Waals surface area contributed by atoms with Gasteiger partial charge in [0.15, 0.2) is 17.3 Å². The topological polar surface area (TPSA) is 122 Å². The number of azo groups is 1. The number of amidine groups is 1. The molecule has 4 N–H and O–H groups in total. The number of hydrazone groups is 1. The number of hydrogen-bond acceptors (Lipinski definition) is 7. The molecule has 18 heavy (non-hydrogen) atoms. The monoisotopic (exact) mass is 249 g/mol. The van der Waals surface area contributed by atoms with Crippen LogP contribution in [0.4, 0.5) is 5.69 Å². The molecule has 1 unspecified atom stereocenters. The fraction of sp³-hybridized carbons (Fsp3) is 0.200. The molecule has 1 aliphatic heterocycles. The maximum atomic E-state index is 11.2. The molecule has 0 aliphatic carbocycles. The molecule has 1 aromatic carbocycles. The van der Waals surface area contributed by atoms with Gasteiger partial charge in [-0.25, -0.2) is 5.43 Å². The number of ether oxygens (including phenoxy) is 1. The normalized spacial score (nSPS) is 18.8. The number of nitrogens with one attached hydrogen (secondary N) is 1. The summed E-state index contributed by atoms with van der Waals surface area (Å²) in [5, 5.41) is 20.6. The van der Waals surface area contributed by atoms with Crippen LogP contribution in [0.1, 0.15) is 0 Å². The third kappa shape index (κ3) is 2.21. The Kier molecular flexibility index (Phi) is 3.09. The van der Waals surface area contributed by atoms with E-state index in [1.165, 1.54) is 19.2 Å². The molecule has 0 spiro atoms. The largest absolute Gasteiger partial charge is 0.504 e. The van der Waals surface area contributed by atoms with Gasteiger partial charge < -0.3 is 15.6 Å². The number of rotatable bonds is 3. The zero-order valence-corrected chi connectivity index (χ0v) is 9.49. The van der Waals surface area contributed by atoms with Crippen molar-refractivity contribution < 1.29 is 14.6 Å². The van der Waals surface area contributed by atoms with Crippen LogP contribution in [0.25, 0.3) is 0 Å². The van der Waals surface area contributed by atoms with Crippen LogP contribution in [0.3, 0.4) is 0 Å². The number of nitrogens with two attached hydrogens (primary N) is 1. The number of methoxy groups -OCH3 is 1. The van der Waals surface area contributed by atoms with Gasteiger partial charge in [0, 0.05) is 6.07 Å². The van der Waals surface area contributed by atoms with Crippen molar-refractivity contribution in [1.82, 2.24) is 5.43 Å². The van der Waals surface area contributed by atoms with E-state index in [0.29, 0.717) is 11.4 Å². The molecule has 0 saturated heterocycles. The Morgan fingerprint density at radius 2 is 2.33 bits per heavy atom. The lowest BCUT2D eigenvalue weighted by Crippen LogP contribution is -2.31. The average molecular weight is 249 g/mol. The minimum atomic E-state index is -0.922. The van der Waals surface area contributed by atoms with E-state index in [-0.39, 0.29) is 11.6 Å². The number of phenolic OH excluding ortho intramolecular Hbond substituents is 1. The van der Waals surface area contributed by atoms with Gasteiger partial charge in [0.25, 0.3) is 5.91 Å². The summed E-state index contributed by atoms with van der Waals surface area (Å²) < 4.78 is 4.89. The SMILES string of the molecule is COc1ccc(N=NC2C(=O)NN=C2N)cc1O. The Morgan fingerprint density at radius 1 is 1.56 bits per heavy atom. The van der Waals surface area contributed by atoms with Gasteiger partial charge in [0.1, 0.15) is 0 Å². The number of hydrogen-bond donors (Lipinski definition) is 3. The smallest absolute Gasteiger partial charge is 0.274 e. The fourth-order valence-corrected chi connectivity index (χ4v) is 1.35. The summed E-state index contributed by atoms with van der Waals surface area (Å²) in [6, 6.07) is 3.56. The summed E-state index contributed by atoms with van der Waals surface area (Å²) in [6.07, 6.45) is 0. The van der Waals surface area contributed by atoms with E-state index >= 15 is 0 Å². The molecule has 0 fully saturated rings. The average Bonchev–Trinajstić information content (AvgIpc) is 2.67. The van der Waals surface area contributed by atoms with E-state index in [0.717, 1.165) is 0 Å². The van der Waals surface area contributed by atoms with E-state index in [2.05, 4.69) is 20.8 Å². The summed E-state index contributed by atoms with van der Waals surface area (Å²) >= 11 is 0. The predicted octanol–water partition coefficient (Wildman–Crippen LogP) is 0.255. The number of phenols is 1. The summed E-state index contributed by atoms with van der Waals surface area (Å²) in [4.78, 5) is 11.2. The van der Waals surface area contributed by atoms with Crippen molar-refractivity contribution in [2.45, 2.75) is 6.04 Å². The molecule has 0 saturated carbocycles. The molecule has 1 atom stereocenters. The molecule has 94 valence electrons. The molecular weight excluding hydrogens is 238 g/mol. The Bertz CT molecular complexity index is 540. The van der Waals surface area contributed by atoms with Crippen LogP contribution in [-0.2, 0) is 4.79 Å². The highest BCUT2D eigenvalue weighted by Gasteiger charge is 2.27. The van der Waals surface area contributed by atoms with E-state index in [1.807, 2.05) is 0 Å². The number of aromatic hydroxyl groups is 1. The predicted molar refractivity (Wildman–Crippen MR) is 62.7 cm³/mol. The van der Waals surface area contributed by atoms with Crippen LogP contribution in [0.2, 0.25) is 0 Å². The lowest BCUT2D eigenvalue weighted by atomic mass is 10.3. The molecule has 0 aromatic heterocycles. The number of carbonyl (C=O) groups is 1. The molecule has 0 radical (unpaired) electrons. The van der Waals surface area contributed by atoms with Gasteiger partial charge in [-0.1, -0.05) is 0 Å². The van der Waals surface area contributed by atoms with E-state index in [4.69, 9.17) is 10.5 Å². The Balaban J connectivity index is 2.16. The van der Waals surface area contributed by atoms with Crippen molar-refractivity contribution in [3.05, 3.63) is 18.2 Å². The Morgan fingerprint density at radius 3 is 2.89 bits per heavy atom. The first-order valence-corrected chi connectivity index (χ1v) is 5.02. The van der Waals surface area contributed by atoms with Crippen LogP contribution in [0, 0.1) is 0 Å². The van der Waals surface area contributed by atoms with E-state index < -0.39 is 11.9 Å². The highest BCUT2D eigenvalue weighted by Crippen LogP contribution is 2.30. The number of amides is 1. The van der Waals surface area contributed by atoms with Gasteiger partial charge >= 0.3 is 0 Å². The summed E-state index contributed by atoms with van der Waals surface area (Å²) in [5.74, 6) is -0.115. The third-order valence-electron chi connectivity index (χ3n) is 2.27. The van der Waals surface area contributed by atoms with Crippen LogP contribution >= 0.6 is 0 Å². The molecule has 8 nitrogen and oxygen atoms in total. The number of nitrogens with zero attached hydrogens (tertiary/aromatic N) is 3. The zero-order valence-electron chi connectivity index (χ0n) is 9.49. The van der Waals surface area contributed by atoms with Gasteiger partial charge in [0.2, 0.25) is 6.04 Å². The molecule has 1 aromatic rings. The standard InChI is InChI=1S/C10H11N5O3/c1-18-7-3-2-5(4-6(7)16)12-13-8-9(11)14-15-10(8)17/h2-4,8,16H,1H3,(H2,11,14)(H,15,17). The minimum absolute atomic E-state index is 0.0569. The van der Waals surface area contributed by atoms with Crippen molar-refractivity contribution in [3.63, 3.8) is 0 Å². The molecular formula is C10H11N5O3. The number of carbonyl (C=O) groups excluding carboxylic acids is 1. The Labute approximate surface area is 102 Å². The second-order valence-corrected chi connectivity index (χ2v) is 3.49. The van der Waals surface area contributed by atoms with Crippen molar-refractivity contribution in [1.29, 1.82) is 0 Å². The first-order valence-electron chi connectivity index (χ1n) is 5.02. The first-order chi connectivity index (χ1) is 8.61. The summed E-state index contributed by atoms with van der Waals surface area (Å²) in [7, 11) is 1.44. The van der Waals surface area contributed by atoms with Gasteiger partial charge in [-0.2, -0.15) is 15.3 Å². The molecule has 2 rings (SSSR count). The van der Waals surface area contributed by atoms with Crippen molar-refractivity contribution in [3.8, 4) is 11.5 Å². The molecule has 8 heteroatoms. The number of benzene rings is 1. The van der Waals surface area contributed by atoms with Crippen LogP contribution in [0.15, 0.2) is 33.5 Å². The highest BCUT2D eigenvalue weighted by molar-refractivity contribution is 6.10. The summed E-state index contributed by atoms with van der Waals surface area (Å²) in [5.41, 5.74) is 8.01. The second-order valence-electron chi connectivity index (χ2n) is 3.49. The van der Waals surface area contributed by atoms with Crippen LogP contribution in [0.5, 0.6) is 11.5 Å².